The molecule has 0 aliphatic heterocycles. The van der Waals surface area contributed by atoms with Gasteiger partial charge in [0.2, 0.25) is 5.91 Å². The number of rotatable bonds is 9. The van der Waals surface area contributed by atoms with Crippen molar-refractivity contribution in [1.29, 1.82) is 0 Å². The molecule has 1 amide bonds. The molecule has 1 unspecified atom stereocenters. The monoisotopic (exact) mass is 397 g/mol. The molecular weight excluding hydrogens is 369 g/mol. The lowest BCUT2D eigenvalue weighted by molar-refractivity contribution is -0.121. The molecule has 2 aromatic rings. The number of nitrogens with one attached hydrogen (secondary N) is 1. The van der Waals surface area contributed by atoms with Gasteiger partial charge in [0, 0.05) is 25.6 Å². The normalized spacial score (nSPS) is 11.2. The molecule has 0 heterocycles. The predicted molar refractivity (Wildman–Crippen MR) is 113 cm³/mol. The lowest BCUT2D eigenvalue weighted by atomic mass is 10.0. The molecule has 0 aromatic heterocycles. The second-order valence-electron chi connectivity index (χ2n) is 6.15. The number of hydrogen-bond acceptors (Lipinski definition) is 3. The summed E-state index contributed by atoms with van der Waals surface area (Å²) in [4.78, 5) is 14.2. The summed E-state index contributed by atoms with van der Waals surface area (Å²) in [6.07, 6.45) is 1.25. The third kappa shape index (κ3) is 9.20. The number of nitrogens with two attached hydrogens (primary N) is 1. The van der Waals surface area contributed by atoms with Gasteiger partial charge in [0.15, 0.2) is 0 Å². The summed E-state index contributed by atoms with van der Waals surface area (Å²) in [6.45, 7) is 2.55. The van der Waals surface area contributed by atoms with Crippen molar-refractivity contribution in [2.75, 3.05) is 20.1 Å². The standard InChI is InChI=1S/C20H27N3O.2ClH/c1-23(16-17-9-4-2-5-10-17)14-8-13-22-20(24)15-19(21)18-11-6-3-7-12-18;;/h2-7,9-12,19H,8,13-16,21H2,1H3,(H,22,24);2*1H. The molecule has 3 N–H and O–H groups in total. The topological polar surface area (TPSA) is 58.4 Å². The highest BCUT2D eigenvalue weighted by Crippen LogP contribution is 2.12. The molecule has 6 heteroatoms. The third-order valence-electron chi connectivity index (χ3n) is 3.97. The molecule has 26 heavy (non-hydrogen) atoms. The summed E-state index contributed by atoms with van der Waals surface area (Å²) in [6, 6.07) is 19.9. The van der Waals surface area contributed by atoms with Crippen LogP contribution in [0.4, 0.5) is 0 Å². The number of halogens is 2. The minimum absolute atomic E-state index is 0. The van der Waals surface area contributed by atoms with E-state index in [4.69, 9.17) is 5.73 Å². The van der Waals surface area contributed by atoms with Gasteiger partial charge in [-0.25, -0.2) is 0 Å². The van der Waals surface area contributed by atoms with Crippen LogP contribution in [0.25, 0.3) is 0 Å². The first-order valence-corrected chi connectivity index (χ1v) is 8.45. The Kier molecular flexibility index (Phi) is 12.8. The Morgan fingerprint density at radius 3 is 2.23 bits per heavy atom. The minimum Gasteiger partial charge on any atom is -0.356 e. The van der Waals surface area contributed by atoms with Crippen LogP contribution in [-0.2, 0) is 11.3 Å². The largest absolute Gasteiger partial charge is 0.356 e. The zero-order valence-corrected chi connectivity index (χ0v) is 16.8. The lowest BCUT2D eigenvalue weighted by Crippen LogP contribution is -2.30. The fourth-order valence-electron chi connectivity index (χ4n) is 2.64. The highest BCUT2D eigenvalue weighted by molar-refractivity contribution is 5.85. The van der Waals surface area contributed by atoms with Gasteiger partial charge < -0.3 is 16.0 Å². The van der Waals surface area contributed by atoms with Crippen molar-refractivity contribution in [2.24, 2.45) is 5.73 Å². The summed E-state index contributed by atoms with van der Waals surface area (Å²) < 4.78 is 0. The Labute approximate surface area is 169 Å². The van der Waals surface area contributed by atoms with E-state index in [1.807, 2.05) is 36.4 Å². The van der Waals surface area contributed by atoms with Crippen molar-refractivity contribution in [3.05, 3.63) is 71.8 Å². The van der Waals surface area contributed by atoms with Gasteiger partial charge in [-0.2, -0.15) is 0 Å². The fraction of sp³-hybridized carbons (Fsp3) is 0.350. The van der Waals surface area contributed by atoms with Gasteiger partial charge in [-0.1, -0.05) is 60.7 Å². The Hall–Kier alpha value is -1.59. The van der Waals surface area contributed by atoms with Crippen molar-refractivity contribution >= 4 is 30.7 Å². The smallest absolute Gasteiger partial charge is 0.221 e. The highest BCUT2D eigenvalue weighted by atomic mass is 35.5. The molecule has 0 fully saturated rings. The molecule has 4 nitrogen and oxygen atoms in total. The highest BCUT2D eigenvalue weighted by Gasteiger charge is 2.10. The van der Waals surface area contributed by atoms with E-state index in [-0.39, 0.29) is 36.8 Å². The summed E-state index contributed by atoms with van der Waals surface area (Å²) >= 11 is 0. The zero-order chi connectivity index (χ0) is 17.2. The molecule has 0 radical (unpaired) electrons. The maximum atomic E-state index is 12.0. The Balaban J connectivity index is 0.00000312. The fourth-order valence-corrected chi connectivity index (χ4v) is 2.64. The second-order valence-corrected chi connectivity index (χ2v) is 6.15. The minimum atomic E-state index is -0.244. The molecule has 0 saturated carbocycles. The van der Waals surface area contributed by atoms with Gasteiger partial charge in [-0.3, -0.25) is 4.79 Å². The number of nitrogens with zero attached hydrogens (tertiary/aromatic N) is 1. The van der Waals surface area contributed by atoms with Crippen LogP contribution in [0, 0.1) is 0 Å². The molecule has 2 aromatic carbocycles. The molecule has 144 valence electrons. The van der Waals surface area contributed by atoms with Gasteiger partial charge in [-0.15, -0.1) is 24.8 Å². The van der Waals surface area contributed by atoms with E-state index in [1.165, 1.54) is 5.56 Å². The van der Waals surface area contributed by atoms with E-state index in [0.29, 0.717) is 13.0 Å². The summed E-state index contributed by atoms with van der Waals surface area (Å²) in [5.41, 5.74) is 8.36. The van der Waals surface area contributed by atoms with E-state index in [0.717, 1.165) is 25.1 Å². The van der Waals surface area contributed by atoms with Gasteiger partial charge in [0.05, 0.1) is 0 Å². The Bertz CT molecular complexity index is 611. The summed E-state index contributed by atoms with van der Waals surface area (Å²) in [5, 5.41) is 2.96. The van der Waals surface area contributed by atoms with Crippen LogP contribution in [0.1, 0.15) is 30.0 Å². The Morgan fingerprint density at radius 2 is 1.62 bits per heavy atom. The maximum absolute atomic E-state index is 12.0. The molecular formula is C20H29Cl2N3O. The van der Waals surface area contributed by atoms with Crippen LogP contribution < -0.4 is 11.1 Å². The quantitative estimate of drug-likeness (QED) is 0.635. The second kappa shape index (κ2) is 13.6. The average Bonchev–Trinajstić information content (AvgIpc) is 2.60. The van der Waals surface area contributed by atoms with E-state index < -0.39 is 0 Å². The number of hydrogen-bond donors (Lipinski definition) is 2. The van der Waals surface area contributed by atoms with Gasteiger partial charge in [0.1, 0.15) is 0 Å². The molecule has 0 spiro atoms. The molecule has 0 saturated heterocycles. The van der Waals surface area contributed by atoms with Crippen LogP contribution in [0.2, 0.25) is 0 Å². The van der Waals surface area contributed by atoms with E-state index >= 15 is 0 Å². The first-order chi connectivity index (χ1) is 11.6. The van der Waals surface area contributed by atoms with Crippen LogP contribution in [-0.4, -0.2) is 30.9 Å². The van der Waals surface area contributed by atoms with E-state index in [1.54, 1.807) is 0 Å². The molecule has 0 bridgehead atoms. The van der Waals surface area contributed by atoms with Gasteiger partial charge in [0.25, 0.3) is 0 Å². The van der Waals surface area contributed by atoms with Crippen LogP contribution >= 0.6 is 24.8 Å². The van der Waals surface area contributed by atoms with Crippen LogP contribution in [0.15, 0.2) is 60.7 Å². The molecule has 1 atom stereocenters. The molecule has 0 aliphatic rings. The number of amides is 1. The van der Waals surface area contributed by atoms with Gasteiger partial charge in [-0.05, 0) is 31.1 Å². The van der Waals surface area contributed by atoms with Gasteiger partial charge >= 0.3 is 0 Å². The van der Waals surface area contributed by atoms with Crippen molar-refractivity contribution in [1.82, 2.24) is 10.2 Å². The van der Waals surface area contributed by atoms with Crippen LogP contribution in [0.3, 0.4) is 0 Å². The SMILES string of the molecule is CN(CCCNC(=O)CC(N)c1ccccc1)Cc1ccccc1.Cl.Cl. The van der Waals surface area contributed by atoms with E-state index in [2.05, 4.69) is 41.5 Å². The molecule has 2 rings (SSSR count). The number of benzene rings is 2. The summed E-state index contributed by atoms with van der Waals surface area (Å²) in [5.74, 6) is 0.0112. The maximum Gasteiger partial charge on any atom is 0.221 e. The Morgan fingerprint density at radius 1 is 1.04 bits per heavy atom. The third-order valence-corrected chi connectivity index (χ3v) is 3.97. The molecule has 0 aliphatic carbocycles. The lowest BCUT2D eigenvalue weighted by Gasteiger charge is -2.17. The first kappa shape index (κ1) is 24.4. The predicted octanol–water partition coefficient (Wildman–Crippen LogP) is 3.56. The zero-order valence-electron chi connectivity index (χ0n) is 15.1. The van der Waals surface area contributed by atoms with Crippen molar-refractivity contribution < 1.29 is 4.79 Å². The average molecular weight is 398 g/mol. The van der Waals surface area contributed by atoms with Crippen molar-refractivity contribution in [3.63, 3.8) is 0 Å². The number of carbonyl (C=O) groups excluding carboxylic acids is 1. The first-order valence-electron chi connectivity index (χ1n) is 8.45. The number of carbonyl (C=O) groups is 1. The van der Waals surface area contributed by atoms with Crippen molar-refractivity contribution in [3.8, 4) is 0 Å². The van der Waals surface area contributed by atoms with Crippen LogP contribution in [0.5, 0.6) is 0 Å². The summed E-state index contributed by atoms with van der Waals surface area (Å²) in [7, 11) is 2.10. The van der Waals surface area contributed by atoms with E-state index in [9.17, 15) is 4.79 Å². The van der Waals surface area contributed by atoms with Crippen molar-refractivity contribution in [2.45, 2.75) is 25.4 Å².